The van der Waals surface area contributed by atoms with Crippen molar-refractivity contribution in [2.45, 2.75) is 31.2 Å². The number of thioether (sulfide) groups is 1. The van der Waals surface area contributed by atoms with Crippen molar-refractivity contribution in [2.75, 3.05) is 12.9 Å². The minimum absolute atomic E-state index is 0.00496. The Bertz CT molecular complexity index is 540. The van der Waals surface area contributed by atoms with Crippen molar-refractivity contribution in [2.24, 2.45) is 5.92 Å². The number of hydrogen-bond acceptors (Lipinski definition) is 4. The van der Waals surface area contributed by atoms with E-state index in [9.17, 15) is 18.4 Å². The fraction of sp³-hybridized carbons (Fsp3) is 0.467. The largest absolute Gasteiger partial charge is 0.467 e. The Morgan fingerprint density at radius 2 is 2.00 bits per heavy atom. The summed E-state index contributed by atoms with van der Waals surface area (Å²) < 4.78 is 30.6. The molecule has 0 saturated heterocycles. The summed E-state index contributed by atoms with van der Waals surface area (Å²) in [5, 5.41) is 2.61. The number of carbonyl (C=O) groups is 2. The molecular weight excluding hydrogens is 312 g/mol. The number of hydrogen-bond donors (Lipinski definition) is 1. The molecule has 2 unspecified atom stereocenters. The average Bonchev–Trinajstić information content (AvgIpc) is 2.52. The molecule has 0 aliphatic heterocycles. The van der Waals surface area contributed by atoms with Gasteiger partial charge in [-0.15, -0.1) is 11.8 Å². The van der Waals surface area contributed by atoms with Gasteiger partial charge in [0.1, 0.15) is 6.04 Å². The van der Waals surface area contributed by atoms with Crippen molar-refractivity contribution >= 4 is 23.6 Å². The predicted octanol–water partition coefficient (Wildman–Crippen LogP) is 2.76. The van der Waals surface area contributed by atoms with Crippen molar-refractivity contribution in [3.63, 3.8) is 0 Å². The van der Waals surface area contributed by atoms with Gasteiger partial charge in [-0.3, -0.25) is 4.79 Å². The molecule has 0 heterocycles. The predicted molar refractivity (Wildman–Crippen MR) is 80.5 cm³/mol. The van der Waals surface area contributed by atoms with Crippen molar-refractivity contribution in [1.29, 1.82) is 0 Å². The fourth-order valence-corrected chi connectivity index (χ4v) is 2.46. The fourth-order valence-electron chi connectivity index (χ4n) is 1.73. The van der Waals surface area contributed by atoms with Crippen LogP contribution in [0.5, 0.6) is 0 Å². The first-order valence-electron chi connectivity index (χ1n) is 6.84. The van der Waals surface area contributed by atoms with Crippen LogP contribution in [-0.2, 0) is 14.3 Å². The Labute approximate surface area is 132 Å². The summed E-state index contributed by atoms with van der Waals surface area (Å²) >= 11 is 1.06. The number of benzene rings is 1. The van der Waals surface area contributed by atoms with Crippen LogP contribution in [0.4, 0.5) is 8.78 Å². The molecule has 0 bridgehead atoms. The van der Waals surface area contributed by atoms with E-state index in [0.29, 0.717) is 11.3 Å². The lowest BCUT2D eigenvalue weighted by Gasteiger charge is -2.21. The van der Waals surface area contributed by atoms with Crippen molar-refractivity contribution in [3.05, 3.63) is 29.8 Å². The third-order valence-electron chi connectivity index (χ3n) is 3.25. The van der Waals surface area contributed by atoms with Gasteiger partial charge in [-0.25, -0.2) is 13.6 Å². The zero-order chi connectivity index (χ0) is 16.7. The van der Waals surface area contributed by atoms with Gasteiger partial charge in [0, 0.05) is 4.90 Å². The molecule has 1 rings (SSSR count). The number of ether oxygens (including phenoxy) is 1. The summed E-state index contributed by atoms with van der Waals surface area (Å²) in [4.78, 5) is 24.0. The highest BCUT2D eigenvalue weighted by molar-refractivity contribution is 8.00. The van der Waals surface area contributed by atoms with Crippen LogP contribution in [0, 0.1) is 17.6 Å². The number of esters is 1. The van der Waals surface area contributed by atoms with E-state index in [4.69, 9.17) is 0 Å². The normalized spacial score (nSPS) is 13.3. The SMILES string of the molecule is CCC(C)C(NC(=O)CSc1ccc(F)c(F)c1)C(=O)OC. The molecule has 2 atom stereocenters. The molecule has 0 radical (unpaired) electrons. The summed E-state index contributed by atoms with van der Waals surface area (Å²) in [5.74, 6) is -2.83. The first-order chi connectivity index (χ1) is 10.4. The van der Waals surface area contributed by atoms with Crippen molar-refractivity contribution in [1.82, 2.24) is 5.32 Å². The lowest BCUT2D eigenvalue weighted by Crippen LogP contribution is -2.46. The second-order valence-electron chi connectivity index (χ2n) is 4.82. The standard InChI is InChI=1S/C15H19F2NO3S/c1-4-9(2)14(15(20)21-3)18-13(19)8-22-10-5-6-11(16)12(17)7-10/h5-7,9,14H,4,8H2,1-3H3,(H,18,19). The van der Waals surface area contributed by atoms with Gasteiger partial charge in [-0.05, 0) is 24.1 Å². The molecule has 0 saturated carbocycles. The summed E-state index contributed by atoms with van der Waals surface area (Å²) in [5.41, 5.74) is 0. The van der Waals surface area contributed by atoms with E-state index in [-0.39, 0.29) is 17.6 Å². The Morgan fingerprint density at radius 1 is 1.32 bits per heavy atom. The number of methoxy groups -OCH3 is 1. The van der Waals surface area contributed by atoms with Gasteiger partial charge in [0.05, 0.1) is 12.9 Å². The molecule has 4 nitrogen and oxygen atoms in total. The van der Waals surface area contributed by atoms with Crippen LogP contribution in [0.25, 0.3) is 0 Å². The number of nitrogens with one attached hydrogen (secondary N) is 1. The number of halogens is 2. The number of carbonyl (C=O) groups excluding carboxylic acids is 2. The van der Waals surface area contributed by atoms with Crippen LogP contribution in [0.3, 0.4) is 0 Å². The third-order valence-corrected chi connectivity index (χ3v) is 4.24. The van der Waals surface area contributed by atoms with Gasteiger partial charge >= 0.3 is 5.97 Å². The maximum Gasteiger partial charge on any atom is 0.328 e. The molecule has 0 aromatic heterocycles. The summed E-state index contributed by atoms with van der Waals surface area (Å²) in [6.45, 7) is 3.74. The highest BCUT2D eigenvalue weighted by Crippen LogP contribution is 2.20. The third kappa shape index (κ3) is 5.29. The number of rotatable bonds is 7. The van der Waals surface area contributed by atoms with E-state index in [0.717, 1.165) is 23.9 Å². The monoisotopic (exact) mass is 331 g/mol. The van der Waals surface area contributed by atoms with Crippen LogP contribution in [0.2, 0.25) is 0 Å². The quantitative estimate of drug-likeness (QED) is 0.617. The zero-order valence-electron chi connectivity index (χ0n) is 12.7. The molecule has 1 amide bonds. The average molecular weight is 331 g/mol. The van der Waals surface area contributed by atoms with E-state index in [1.54, 1.807) is 0 Å². The minimum Gasteiger partial charge on any atom is -0.467 e. The van der Waals surface area contributed by atoms with Crippen molar-refractivity contribution < 1.29 is 23.1 Å². The maximum absolute atomic E-state index is 13.1. The van der Waals surface area contributed by atoms with E-state index in [2.05, 4.69) is 10.1 Å². The second-order valence-corrected chi connectivity index (χ2v) is 5.87. The molecule has 0 aliphatic carbocycles. The van der Waals surface area contributed by atoms with Crippen LogP contribution >= 0.6 is 11.8 Å². The second kappa shape index (κ2) is 8.73. The number of amides is 1. The Hall–Kier alpha value is -1.63. The molecule has 122 valence electrons. The van der Waals surface area contributed by atoms with Gasteiger partial charge in [0.25, 0.3) is 0 Å². The van der Waals surface area contributed by atoms with Gasteiger partial charge in [-0.2, -0.15) is 0 Å². The summed E-state index contributed by atoms with van der Waals surface area (Å²) in [6.07, 6.45) is 0.705. The Balaban J connectivity index is 2.60. The molecule has 1 aromatic carbocycles. The van der Waals surface area contributed by atoms with Gasteiger partial charge in [0.15, 0.2) is 11.6 Å². The molecule has 22 heavy (non-hydrogen) atoms. The molecule has 0 spiro atoms. The first kappa shape index (κ1) is 18.4. The smallest absolute Gasteiger partial charge is 0.328 e. The maximum atomic E-state index is 13.1. The van der Waals surface area contributed by atoms with Gasteiger partial charge in [-0.1, -0.05) is 20.3 Å². The van der Waals surface area contributed by atoms with Crippen LogP contribution in [-0.4, -0.2) is 30.8 Å². The zero-order valence-corrected chi connectivity index (χ0v) is 13.5. The molecule has 1 N–H and O–H groups in total. The topological polar surface area (TPSA) is 55.4 Å². The van der Waals surface area contributed by atoms with E-state index in [1.165, 1.54) is 13.2 Å². The highest BCUT2D eigenvalue weighted by atomic mass is 32.2. The Kier molecular flexibility index (Phi) is 7.31. The van der Waals surface area contributed by atoms with E-state index < -0.39 is 23.6 Å². The lowest BCUT2D eigenvalue weighted by molar-refractivity contribution is -0.146. The molecule has 7 heteroatoms. The van der Waals surface area contributed by atoms with E-state index in [1.807, 2.05) is 13.8 Å². The molecule has 0 fully saturated rings. The lowest BCUT2D eigenvalue weighted by atomic mass is 9.99. The summed E-state index contributed by atoms with van der Waals surface area (Å²) in [7, 11) is 1.26. The summed E-state index contributed by atoms with van der Waals surface area (Å²) in [6, 6.07) is 2.71. The molecule has 0 aliphatic rings. The minimum atomic E-state index is -0.961. The molecular formula is C15H19F2NO3S. The highest BCUT2D eigenvalue weighted by Gasteiger charge is 2.26. The van der Waals surface area contributed by atoms with Crippen molar-refractivity contribution in [3.8, 4) is 0 Å². The van der Waals surface area contributed by atoms with E-state index >= 15 is 0 Å². The Morgan fingerprint density at radius 3 is 2.55 bits per heavy atom. The van der Waals surface area contributed by atoms with Crippen LogP contribution in [0.15, 0.2) is 23.1 Å². The van der Waals surface area contributed by atoms with Gasteiger partial charge in [0.2, 0.25) is 5.91 Å². The van der Waals surface area contributed by atoms with Gasteiger partial charge < -0.3 is 10.1 Å². The van der Waals surface area contributed by atoms with Crippen LogP contribution < -0.4 is 5.32 Å². The van der Waals surface area contributed by atoms with Crippen LogP contribution in [0.1, 0.15) is 20.3 Å². The molecule has 1 aromatic rings. The first-order valence-corrected chi connectivity index (χ1v) is 7.82.